The quantitative estimate of drug-likeness (QED) is 0.766. The summed E-state index contributed by atoms with van der Waals surface area (Å²) in [5.41, 5.74) is 8.77. The van der Waals surface area contributed by atoms with Gasteiger partial charge in [-0.2, -0.15) is 0 Å². The molecule has 0 aliphatic heterocycles. The van der Waals surface area contributed by atoms with E-state index >= 15 is 0 Å². The highest BCUT2D eigenvalue weighted by molar-refractivity contribution is 5.46. The Bertz CT molecular complexity index is 379. The van der Waals surface area contributed by atoms with Gasteiger partial charge < -0.3 is 11.1 Å². The highest BCUT2D eigenvalue weighted by Gasteiger charge is 2.64. The minimum absolute atomic E-state index is 0.385. The zero-order valence-electron chi connectivity index (χ0n) is 10.7. The van der Waals surface area contributed by atoms with Crippen LogP contribution in [0.3, 0.4) is 0 Å². The molecule has 1 aliphatic rings. The Morgan fingerprint density at radius 2 is 1.69 bits per heavy atom. The monoisotopic (exact) mass is 218 g/mol. The summed E-state index contributed by atoms with van der Waals surface area (Å²) in [6.07, 6.45) is 0. The van der Waals surface area contributed by atoms with Crippen LogP contribution in [0.5, 0.6) is 0 Å². The molecule has 2 nitrogen and oxygen atoms in total. The zero-order valence-corrected chi connectivity index (χ0v) is 10.7. The number of nitrogens with two attached hydrogens (primary N) is 1. The molecule has 0 atom stereocenters. The van der Waals surface area contributed by atoms with Gasteiger partial charge in [-0.15, -0.1) is 0 Å². The van der Waals surface area contributed by atoms with Gasteiger partial charge in [0.1, 0.15) is 0 Å². The third kappa shape index (κ3) is 1.61. The average molecular weight is 218 g/mol. The fraction of sp³-hybridized carbons (Fsp3) is 0.571. The molecule has 0 aromatic heterocycles. The van der Waals surface area contributed by atoms with E-state index in [1.165, 1.54) is 5.56 Å². The van der Waals surface area contributed by atoms with E-state index in [1.54, 1.807) is 0 Å². The predicted octanol–water partition coefficient (Wildman–Crippen LogP) is 2.79. The van der Waals surface area contributed by atoms with Gasteiger partial charge in [-0.3, -0.25) is 0 Å². The maximum atomic E-state index is 5.92. The number of rotatable bonds is 3. The van der Waals surface area contributed by atoms with Crippen molar-refractivity contribution >= 4 is 5.69 Å². The SMILES string of the molecule is CC1(C)C(NCc2ccccc2N)C1(C)C. The second-order valence-corrected chi connectivity index (χ2v) is 5.96. The van der Waals surface area contributed by atoms with Crippen LogP contribution in [-0.2, 0) is 6.54 Å². The molecule has 0 bridgehead atoms. The van der Waals surface area contributed by atoms with E-state index in [-0.39, 0.29) is 0 Å². The first-order chi connectivity index (χ1) is 7.37. The molecule has 1 aromatic rings. The third-order valence-electron chi connectivity index (χ3n) is 4.57. The Hall–Kier alpha value is -1.02. The maximum Gasteiger partial charge on any atom is 0.0359 e. The predicted molar refractivity (Wildman–Crippen MR) is 69.0 cm³/mol. The van der Waals surface area contributed by atoms with Crippen molar-refractivity contribution in [3.05, 3.63) is 29.8 Å². The summed E-state index contributed by atoms with van der Waals surface area (Å²) < 4.78 is 0. The number of para-hydroxylation sites is 1. The smallest absolute Gasteiger partial charge is 0.0359 e. The van der Waals surface area contributed by atoms with Gasteiger partial charge >= 0.3 is 0 Å². The van der Waals surface area contributed by atoms with E-state index in [0.29, 0.717) is 16.9 Å². The van der Waals surface area contributed by atoms with Gasteiger partial charge in [0.25, 0.3) is 0 Å². The van der Waals surface area contributed by atoms with Crippen molar-refractivity contribution in [1.29, 1.82) is 0 Å². The van der Waals surface area contributed by atoms with Crippen LogP contribution in [0.4, 0.5) is 5.69 Å². The number of benzene rings is 1. The van der Waals surface area contributed by atoms with Crippen molar-refractivity contribution in [2.75, 3.05) is 5.73 Å². The molecule has 1 aliphatic carbocycles. The molecule has 0 spiro atoms. The normalized spacial score (nSPS) is 22.0. The van der Waals surface area contributed by atoms with Crippen molar-refractivity contribution in [2.45, 2.75) is 40.3 Å². The first kappa shape index (κ1) is 11.5. The molecule has 0 saturated heterocycles. The molecule has 2 rings (SSSR count). The van der Waals surface area contributed by atoms with Crippen molar-refractivity contribution in [1.82, 2.24) is 5.32 Å². The fourth-order valence-corrected chi connectivity index (χ4v) is 2.61. The fourth-order valence-electron chi connectivity index (χ4n) is 2.61. The van der Waals surface area contributed by atoms with Crippen molar-refractivity contribution in [3.8, 4) is 0 Å². The van der Waals surface area contributed by atoms with E-state index in [4.69, 9.17) is 5.73 Å². The molecule has 0 heterocycles. The van der Waals surface area contributed by atoms with Gasteiger partial charge in [0.05, 0.1) is 0 Å². The molecular weight excluding hydrogens is 196 g/mol. The lowest BCUT2D eigenvalue weighted by Crippen LogP contribution is -2.22. The minimum atomic E-state index is 0.385. The van der Waals surface area contributed by atoms with Crippen LogP contribution in [0.25, 0.3) is 0 Å². The molecule has 0 amide bonds. The standard InChI is InChI=1S/C14H22N2/c1-13(2)12(14(13,3)4)16-9-10-7-5-6-8-11(10)15/h5-8,12,16H,9,15H2,1-4H3. The van der Waals surface area contributed by atoms with Crippen LogP contribution in [-0.4, -0.2) is 6.04 Å². The molecule has 16 heavy (non-hydrogen) atoms. The van der Waals surface area contributed by atoms with Gasteiger partial charge in [0, 0.05) is 18.3 Å². The topological polar surface area (TPSA) is 38.0 Å². The number of hydrogen-bond acceptors (Lipinski definition) is 2. The average Bonchev–Trinajstić information content (AvgIpc) is 2.58. The van der Waals surface area contributed by atoms with E-state index in [2.05, 4.69) is 39.1 Å². The van der Waals surface area contributed by atoms with Crippen LogP contribution in [0.2, 0.25) is 0 Å². The van der Waals surface area contributed by atoms with Gasteiger partial charge in [-0.25, -0.2) is 0 Å². The Morgan fingerprint density at radius 3 is 2.19 bits per heavy atom. The largest absolute Gasteiger partial charge is 0.398 e. The summed E-state index contributed by atoms with van der Waals surface area (Å²) >= 11 is 0. The first-order valence-electron chi connectivity index (χ1n) is 5.94. The molecule has 88 valence electrons. The summed E-state index contributed by atoms with van der Waals surface area (Å²) in [6, 6.07) is 8.64. The van der Waals surface area contributed by atoms with Gasteiger partial charge in [-0.05, 0) is 22.5 Å². The highest BCUT2D eigenvalue weighted by Crippen LogP contribution is 2.62. The van der Waals surface area contributed by atoms with Crippen molar-refractivity contribution in [2.24, 2.45) is 10.8 Å². The Morgan fingerprint density at radius 1 is 1.12 bits per heavy atom. The first-order valence-corrected chi connectivity index (χ1v) is 5.94. The number of nitrogens with one attached hydrogen (secondary N) is 1. The zero-order chi connectivity index (χ0) is 12.0. The van der Waals surface area contributed by atoms with Crippen LogP contribution < -0.4 is 11.1 Å². The summed E-state index contributed by atoms with van der Waals surface area (Å²) in [4.78, 5) is 0. The molecule has 1 fully saturated rings. The van der Waals surface area contributed by atoms with Crippen LogP contribution in [0, 0.1) is 10.8 Å². The van der Waals surface area contributed by atoms with Crippen LogP contribution >= 0.6 is 0 Å². The van der Waals surface area contributed by atoms with Crippen LogP contribution in [0.15, 0.2) is 24.3 Å². The van der Waals surface area contributed by atoms with Crippen molar-refractivity contribution < 1.29 is 0 Å². The molecule has 0 radical (unpaired) electrons. The Kier molecular flexibility index (Phi) is 2.50. The second kappa shape index (κ2) is 3.49. The molecular formula is C14H22N2. The molecule has 2 heteroatoms. The van der Waals surface area contributed by atoms with Gasteiger partial charge in [0.15, 0.2) is 0 Å². The highest BCUT2D eigenvalue weighted by atomic mass is 15.0. The number of anilines is 1. The minimum Gasteiger partial charge on any atom is -0.398 e. The summed E-state index contributed by atoms with van der Waals surface area (Å²) in [5.74, 6) is 0. The van der Waals surface area contributed by atoms with Crippen molar-refractivity contribution in [3.63, 3.8) is 0 Å². The molecule has 3 N–H and O–H groups in total. The number of nitrogen functional groups attached to an aromatic ring is 1. The lowest BCUT2D eigenvalue weighted by Gasteiger charge is -2.08. The van der Waals surface area contributed by atoms with E-state index in [9.17, 15) is 0 Å². The lowest BCUT2D eigenvalue weighted by molar-refractivity contribution is 0.457. The summed E-state index contributed by atoms with van der Waals surface area (Å²) in [7, 11) is 0. The van der Waals surface area contributed by atoms with E-state index in [0.717, 1.165) is 12.2 Å². The second-order valence-electron chi connectivity index (χ2n) is 5.96. The molecule has 1 saturated carbocycles. The maximum absolute atomic E-state index is 5.92. The molecule has 0 unspecified atom stereocenters. The Labute approximate surface area is 98.2 Å². The van der Waals surface area contributed by atoms with Gasteiger partial charge in [0.2, 0.25) is 0 Å². The summed E-state index contributed by atoms with van der Waals surface area (Å²) in [5, 5.41) is 3.61. The molecule has 1 aromatic carbocycles. The van der Waals surface area contributed by atoms with Gasteiger partial charge in [-0.1, -0.05) is 45.9 Å². The van der Waals surface area contributed by atoms with E-state index in [1.807, 2.05) is 18.2 Å². The number of hydrogen-bond donors (Lipinski definition) is 2. The third-order valence-corrected chi connectivity index (χ3v) is 4.57. The lowest BCUT2D eigenvalue weighted by atomic mass is 10.0. The Balaban J connectivity index is 1.98. The van der Waals surface area contributed by atoms with Crippen LogP contribution in [0.1, 0.15) is 33.3 Å². The summed E-state index contributed by atoms with van der Waals surface area (Å²) in [6.45, 7) is 10.1. The van der Waals surface area contributed by atoms with E-state index < -0.39 is 0 Å².